The Bertz CT molecular complexity index is 676. The molecule has 112 valence electrons. The predicted molar refractivity (Wildman–Crippen MR) is 78.7 cm³/mol. The van der Waals surface area contributed by atoms with E-state index in [2.05, 4.69) is 15.5 Å². The number of carbonyl (C=O) groups excluding carboxylic acids is 1. The summed E-state index contributed by atoms with van der Waals surface area (Å²) in [6, 6.07) is 9.04. The average molecular weight is 309 g/mol. The van der Waals surface area contributed by atoms with E-state index in [1.165, 1.54) is 21.3 Å². The zero-order valence-corrected chi connectivity index (χ0v) is 12.8. The van der Waals surface area contributed by atoms with E-state index >= 15 is 0 Å². The molecule has 8 heteroatoms. The van der Waals surface area contributed by atoms with E-state index < -0.39 is 13.5 Å². The molecule has 2 aromatic rings. The molecule has 1 amide bonds. The number of hydrogen-bond acceptors (Lipinski definition) is 5. The summed E-state index contributed by atoms with van der Waals surface area (Å²) in [7, 11) is 0.488. The Morgan fingerprint density at radius 2 is 1.86 bits per heavy atom. The second kappa shape index (κ2) is 6.22. The van der Waals surface area contributed by atoms with Gasteiger partial charge >= 0.3 is 7.60 Å². The molecule has 0 radical (unpaired) electrons. The lowest BCUT2D eigenvalue weighted by Gasteiger charge is -2.14. The van der Waals surface area contributed by atoms with E-state index in [-0.39, 0.29) is 11.1 Å². The highest BCUT2D eigenvalue weighted by Gasteiger charge is 2.34. The van der Waals surface area contributed by atoms with Gasteiger partial charge in [0, 0.05) is 26.8 Å². The molecule has 2 N–H and O–H groups in total. The van der Waals surface area contributed by atoms with Crippen LogP contribution in [-0.2, 0) is 13.6 Å². The molecule has 1 aromatic heterocycles. The van der Waals surface area contributed by atoms with Crippen molar-refractivity contribution in [3.8, 4) is 11.1 Å². The number of amides is 1. The Labute approximate surface area is 122 Å². The van der Waals surface area contributed by atoms with Gasteiger partial charge in [0.2, 0.25) is 0 Å². The van der Waals surface area contributed by atoms with Crippen LogP contribution in [0.15, 0.2) is 30.3 Å². The summed E-state index contributed by atoms with van der Waals surface area (Å²) in [6.07, 6.45) is 0. The molecule has 0 saturated carbocycles. The third-order valence-electron chi connectivity index (χ3n) is 3.01. The van der Waals surface area contributed by atoms with Crippen LogP contribution >= 0.6 is 7.60 Å². The van der Waals surface area contributed by atoms with Crippen LogP contribution in [0.4, 0.5) is 0 Å². The average Bonchev–Trinajstić information content (AvgIpc) is 2.99. The van der Waals surface area contributed by atoms with Crippen molar-refractivity contribution >= 4 is 18.9 Å². The Kier molecular flexibility index (Phi) is 4.57. The highest BCUT2D eigenvalue weighted by molar-refractivity contribution is 7.62. The van der Waals surface area contributed by atoms with E-state index in [4.69, 9.17) is 9.05 Å². The van der Waals surface area contributed by atoms with Crippen LogP contribution in [0.3, 0.4) is 0 Å². The molecular weight excluding hydrogens is 293 g/mol. The third kappa shape index (κ3) is 2.76. The van der Waals surface area contributed by atoms with Gasteiger partial charge in [-0.1, -0.05) is 30.3 Å². The van der Waals surface area contributed by atoms with Gasteiger partial charge in [-0.05, 0) is 5.56 Å². The summed E-state index contributed by atoms with van der Waals surface area (Å²) in [5.41, 5.74) is 1.38. The summed E-state index contributed by atoms with van der Waals surface area (Å²) in [5, 5.41) is 9.06. The lowest BCUT2D eigenvalue weighted by Crippen LogP contribution is -2.20. The van der Waals surface area contributed by atoms with Crippen LogP contribution in [-0.4, -0.2) is 37.4 Å². The smallest absolute Gasteiger partial charge is 0.354 e. The zero-order chi connectivity index (χ0) is 15.5. The van der Waals surface area contributed by atoms with Crippen LogP contribution in [0, 0.1) is 0 Å². The van der Waals surface area contributed by atoms with Crippen molar-refractivity contribution in [2.75, 3.05) is 21.3 Å². The highest BCUT2D eigenvalue weighted by atomic mass is 31.2. The summed E-state index contributed by atoms with van der Waals surface area (Å²) in [5.74, 6) is -0.393. The van der Waals surface area contributed by atoms with Crippen molar-refractivity contribution in [2.45, 2.75) is 0 Å². The van der Waals surface area contributed by atoms with Crippen molar-refractivity contribution in [1.82, 2.24) is 15.5 Å². The van der Waals surface area contributed by atoms with Crippen molar-refractivity contribution in [3.63, 3.8) is 0 Å². The molecule has 0 aliphatic heterocycles. The first kappa shape index (κ1) is 15.4. The lowest BCUT2D eigenvalue weighted by atomic mass is 10.1. The number of nitrogens with one attached hydrogen (secondary N) is 2. The van der Waals surface area contributed by atoms with E-state index in [0.29, 0.717) is 11.1 Å². The van der Waals surface area contributed by atoms with Gasteiger partial charge in [0.25, 0.3) is 5.91 Å². The lowest BCUT2D eigenvalue weighted by molar-refractivity contribution is 0.0959. The SMILES string of the molecule is CNC(=O)c1n[nH]c(P(=O)(OC)OC)c1-c1ccccc1. The van der Waals surface area contributed by atoms with Crippen LogP contribution in [0.25, 0.3) is 11.1 Å². The summed E-state index contributed by atoms with van der Waals surface area (Å²) < 4.78 is 22.6. The van der Waals surface area contributed by atoms with Gasteiger partial charge in [-0.3, -0.25) is 14.5 Å². The quantitative estimate of drug-likeness (QED) is 0.817. The van der Waals surface area contributed by atoms with Crippen LogP contribution in [0.1, 0.15) is 10.5 Å². The summed E-state index contributed by atoms with van der Waals surface area (Å²) >= 11 is 0. The van der Waals surface area contributed by atoms with Crippen molar-refractivity contribution in [2.24, 2.45) is 0 Å². The minimum Gasteiger partial charge on any atom is -0.354 e. The molecule has 0 saturated heterocycles. The van der Waals surface area contributed by atoms with Gasteiger partial charge in [-0.2, -0.15) is 5.10 Å². The molecule has 21 heavy (non-hydrogen) atoms. The Hall–Kier alpha value is -1.95. The molecule has 0 atom stereocenters. The number of aromatic nitrogens is 2. The molecule has 2 rings (SSSR count). The number of aromatic amines is 1. The number of hydrogen-bond donors (Lipinski definition) is 2. The second-order valence-corrected chi connectivity index (χ2v) is 6.28. The molecular formula is C13H16N3O4P. The first-order valence-electron chi connectivity index (χ1n) is 6.15. The normalized spacial score (nSPS) is 11.4. The number of benzene rings is 1. The molecule has 7 nitrogen and oxygen atoms in total. The van der Waals surface area contributed by atoms with E-state index in [9.17, 15) is 9.36 Å². The topological polar surface area (TPSA) is 93.3 Å². The summed E-state index contributed by atoms with van der Waals surface area (Å²) in [6.45, 7) is 0. The van der Waals surface area contributed by atoms with Gasteiger partial charge in [0.1, 0.15) is 0 Å². The molecule has 1 heterocycles. The Morgan fingerprint density at radius 1 is 1.24 bits per heavy atom. The Morgan fingerprint density at radius 3 is 2.38 bits per heavy atom. The predicted octanol–water partition coefficient (Wildman–Crippen LogP) is 1.55. The van der Waals surface area contributed by atoms with Gasteiger partial charge in [0.05, 0.1) is 0 Å². The molecule has 0 spiro atoms. The number of H-pyrrole nitrogens is 1. The van der Waals surface area contributed by atoms with Gasteiger partial charge < -0.3 is 14.4 Å². The molecule has 0 aliphatic carbocycles. The van der Waals surface area contributed by atoms with Gasteiger partial charge in [-0.15, -0.1) is 0 Å². The van der Waals surface area contributed by atoms with Crippen molar-refractivity contribution < 1.29 is 18.4 Å². The van der Waals surface area contributed by atoms with Crippen molar-refractivity contribution in [3.05, 3.63) is 36.0 Å². The summed E-state index contributed by atoms with van der Waals surface area (Å²) in [4.78, 5) is 12.0. The highest BCUT2D eigenvalue weighted by Crippen LogP contribution is 2.47. The second-order valence-electron chi connectivity index (χ2n) is 4.10. The number of nitrogens with zero attached hydrogens (tertiary/aromatic N) is 1. The first-order chi connectivity index (χ1) is 10.1. The number of rotatable bonds is 5. The van der Waals surface area contributed by atoms with E-state index in [0.717, 1.165) is 0 Å². The van der Waals surface area contributed by atoms with Crippen molar-refractivity contribution in [1.29, 1.82) is 0 Å². The maximum Gasteiger partial charge on any atom is 0.379 e. The molecule has 0 bridgehead atoms. The standard InChI is InChI=1S/C13H16N3O4P/c1-14-12(17)11-10(9-7-5-4-6-8-9)13(16-15-11)21(18,19-2)20-3/h4-8H,1-3H3,(H,14,17)(H,15,16). The number of carbonyl (C=O) groups is 1. The molecule has 0 unspecified atom stereocenters. The van der Waals surface area contributed by atoms with E-state index in [1.54, 1.807) is 12.1 Å². The Balaban J connectivity index is 2.71. The minimum absolute atomic E-state index is 0.132. The monoisotopic (exact) mass is 309 g/mol. The molecule has 0 fully saturated rings. The van der Waals surface area contributed by atoms with Crippen LogP contribution in [0.2, 0.25) is 0 Å². The maximum atomic E-state index is 12.6. The fraction of sp³-hybridized carbons (Fsp3) is 0.231. The largest absolute Gasteiger partial charge is 0.379 e. The first-order valence-corrected chi connectivity index (χ1v) is 7.69. The fourth-order valence-corrected chi connectivity index (χ4v) is 3.14. The van der Waals surface area contributed by atoms with E-state index in [1.807, 2.05) is 18.2 Å². The maximum absolute atomic E-state index is 12.6. The van der Waals surface area contributed by atoms with Crippen LogP contribution < -0.4 is 10.8 Å². The third-order valence-corrected chi connectivity index (χ3v) is 4.84. The van der Waals surface area contributed by atoms with Crippen LogP contribution in [0.5, 0.6) is 0 Å². The van der Waals surface area contributed by atoms with Gasteiger partial charge in [-0.25, -0.2) is 0 Å². The van der Waals surface area contributed by atoms with Gasteiger partial charge in [0.15, 0.2) is 11.1 Å². The molecule has 0 aliphatic rings. The zero-order valence-electron chi connectivity index (χ0n) is 11.9. The minimum atomic E-state index is -3.56. The fourth-order valence-electron chi connectivity index (χ4n) is 1.95. The molecule has 1 aromatic carbocycles.